The number of aromatic nitrogens is 1. The van der Waals surface area contributed by atoms with E-state index in [1.807, 2.05) is 6.07 Å². The summed E-state index contributed by atoms with van der Waals surface area (Å²) in [5.41, 5.74) is 5.70. The second-order valence-electron chi connectivity index (χ2n) is 12.4. The molecule has 5 atom stereocenters. The largest absolute Gasteiger partial charge is 1.00 e. The number of methoxy groups -OCH3 is 1. The molecule has 3 heterocycles. The van der Waals surface area contributed by atoms with E-state index in [4.69, 9.17) is 9.47 Å². The summed E-state index contributed by atoms with van der Waals surface area (Å²) in [7, 11) is 1.54. The van der Waals surface area contributed by atoms with Gasteiger partial charge in [0.1, 0.15) is 17.7 Å². The first-order chi connectivity index (χ1) is 19.9. The molecule has 3 fully saturated rings. The van der Waals surface area contributed by atoms with E-state index < -0.39 is 11.9 Å². The number of benzene rings is 2. The van der Waals surface area contributed by atoms with Gasteiger partial charge in [0.25, 0.3) is 0 Å². The molecule has 214 valence electrons. The van der Waals surface area contributed by atoms with Gasteiger partial charge in [0.2, 0.25) is 5.88 Å². The summed E-state index contributed by atoms with van der Waals surface area (Å²) in [6.45, 7) is 3.60. The van der Waals surface area contributed by atoms with Crippen molar-refractivity contribution in [2.45, 2.75) is 70.1 Å². The van der Waals surface area contributed by atoms with Gasteiger partial charge in [-0.1, -0.05) is 37.3 Å². The molecule has 0 amide bonds. The van der Waals surface area contributed by atoms with Gasteiger partial charge in [0.15, 0.2) is 0 Å². The molecule has 1 aromatic heterocycles. The number of fused-ring (bicyclic) bond motifs is 2. The van der Waals surface area contributed by atoms with Gasteiger partial charge in [0, 0.05) is 36.1 Å². The Hall–Kier alpha value is -2.45. The Morgan fingerprint density at radius 1 is 1.14 bits per heavy atom. The maximum absolute atomic E-state index is 15.1. The maximum atomic E-state index is 15.1. The Morgan fingerprint density at radius 2 is 1.98 bits per heavy atom. The first-order valence-corrected chi connectivity index (χ1v) is 15.0. The predicted molar refractivity (Wildman–Crippen MR) is 151 cm³/mol. The minimum atomic E-state index is -0.996. The average Bonchev–Trinajstić information content (AvgIpc) is 3.92. The number of aliphatic carboxylic acids is 1. The number of carboxylic acid groups (broad SMARTS) is 1. The zero-order chi connectivity index (χ0) is 28.2. The van der Waals surface area contributed by atoms with E-state index in [1.54, 1.807) is 20.1 Å². The molecule has 2 aliphatic heterocycles. The standard InChI is InChI=1S/C34H37FN2O4.Na/c1-19(34(38)39)33(21-4-5-21)24-6-3-20-8-10-30(41-31(20)15-24)23-7-9-26(27-16-32(40-2)36-17-28(27)35)25(13-23)18-37-12-11-22-14-29(22)37;/h3,6-7,9,13,15-17,19,21-22,29-30,33H,4-5,8,10-12,14,18H2,1-2H3,(H,38,39);/q;+1/p-1/t19-,22?,29?,30?,33-;/m0./s1. The molecular weight excluding hydrogens is 542 g/mol. The number of carboxylic acids is 1. The van der Waals surface area contributed by atoms with E-state index in [0.29, 0.717) is 23.4 Å². The minimum Gasteiger partial charge on any atom is -0.550 e. The number of carbonyl (C=O) groups is 1. The van der Waals surface area contributed by atoms with Crippen LogP contribution in [-0.2, 0) is 17.8 Å². The first-order valence-electron chi connectivity index (χ1n) is 15.0. The van der Waals surface area contributed by atoms with Crippen molar-refractivity contribution in [1.82, 2.24) is 9.88 Å². The fourth-order valence-corrected chi connectivity index (χ4v) is 7.25. The van der Waals surface area contributed by atoms with Crippen molar-refractivity contribution in [1.29, 1.82) is 0 Å². The summed E-state index contributed by atoms with van der Waals surface area (Å²) >= 11 is 0. The van der Waals surface area contributed by atoms with Crippen LogP contribution in [0.3, 0.4) is 0 Å². The predicted octanol–water partition coefficient (Wildman–Crippen LogP) is 2.44. The smallest absolute Gasteiger partial charge is 0.550 e. The molecular formula is C34H36FN2NaO4. The second kappa shape index (κ2) is 11.9. The molecule has 0 N–H and O–H groups in total. The molecule has 1 saturated heterocycles. The van der Waals surface area contributed by atoms with Crippen LogP contribution < -0.4 is 44.1 Å². The van der Waals surface area contributed by atoms with Crippen molar-refractivity contribution >= 4 is 5.97 Å². The van der Waals surface area contributed by atoms with E-state index in [9.17, 15) is 9.90 Å². The van der Waals surface area contributed by atoms with Crippen molar-refractivity contribution in [3.63, 3.8) is 0 Å². The van der Waals surface area contributed by atoms with Gasteiger partial charge >= 0.3 is 29.6 Å². The fraction of sp³-hybridized carbons (Fsp3) is 0.471. The summed E-state index contributed by atoms with van der Waals surface area (Å²) in [4.78, 5) is 18.3. The van der Waals surface area contributed by atoms with Crippen LogP contribution >= 0.6 is 0 Å². The van der Waals surface area contributed by atoms with Gasteiger partial charge in [0.05, 0.1) is 13.3 Å². The normalized spacial score (nSPS) is 24.0. The molecule has 2 aliphatic carbocycles. The number of ether oxygens (including phenoxy) is 2. The number of hydrogen-bond acceptors (Lipinski definition) is 6. The van der Waals surface area contributed by atoms with Crippen molar-refractivity contribution in [2.24, 2.45) is 17.8 Å². The fourth-order valence-electron chi connectivity index (χ4n) is 7.25. The Morgan fingerprint density at radius 3 is 2.67 bits per heavy atom. The van der Waals surface area contributed by atoms with E-state index in [0.717, 1.165) is 78.3 Å². The van der Waals surface area contributed by atoms with Crippen LogP contribution in [0.1, 0.15) is 73.3 Å². The van der Waals surface area contributed by atoms with Crippen LogP contribution in [0, 0.1) is 23.6 Å². The second-order valence-corrected chi connectivity index (χ2v) is 12.4. The number of hydrogen-bond donors (Lipinski definition) is 0. The molecule has 8 heteroatoms. The molecule has 2 aromatic carbocycles. The zero-order valence-corrected chi connectivity index (χ0v) is 26.6. The quantitative estimate of drug-likeness (QED) is 0.364. The third-order valence-electron chi connectivity index (χ3n) is 9.81. The number of carbonyl (C=O) groups excluding carboxylic acids is 1. The van der Waals surface area contributed by atoms with Gasteiger partial charge in [-0.05, 0) is 96.7 Å². The van der Waals surface area contributed by atoms with E-state index in [2.05, 4.69) is 40.2 Å². The van der Waals surface area contributed by atoms with Crippen molar-refractivity contribution in [3.05, 3.63) is 76.7 Å². The maximum Gasteiger partial charge on any atom is 1.00 e. The summed E-state index contributed by atoms with van der Waals surface area (Å²) in [5, 5.41) is 11.8. The zero-order valence-electron chi connectivity index (χ0n) is 24.6. The Kier molecular flexibility index (Phi) is 8.40. The van der Waals surface area contributed by atoms with Gasteiger partial charge < -0.3 is 19.4 Å². The van der Waals surface area contributed by atoms with Gasteiger partial charge in [-0.2, -0.15) is 0 Å². The van der Waals surface area contributed by atoms with E-state index in [-0.39, 0.29) is 47.4 Å². The van der Waals surface area contributed by atoms with Crippen LogP contribution in [0.4, 0.5) is 4.39 Å². The summed E-state index contributed by atoms with van der Waals surface area (Å²) in [6, 6.07) is 14.8. The molecule has 7 rings (SSSR count). The monoisotopic (exact) mass is 578 g/mol. The van der Waals surface area contributed by atoms with Crippen molar-refractivity contribution in [3.8, 4) is 22.8 Å². The van der Waals surface area contributed by atoms with Crippen molar-refractivity contribution < 1.29 is 53.3 Å². The number of rotatable bonds is 9. The number of pyridine rings is 1. The van der Waals surface area contributed by atoms with Gasteiger partial charge in [-0.25, -0.2) is 9.37 Å². The Labute approximate surface area is 268 Å². The van der Waals surface area contributed by atoms with Crippen LogP contribution in [0.5, 0.6) is 11.6 Å². The van der Waals surface area contributed by atoms with Crippen LogP contribution in [0.25, 0.3) is 11.1 Å². The van der Waals surface area contributed by atoms with Crippen LogP contribution in [0.15, 0.2) is 48.7 Å². The molecule has 0 spiro atoms. The number of likely N-dealkylation sites (tertiary alicyclic amines) is 1. The molecule has 4 aliphatic rings. The third kappa shape index (κ3) is 5.73. The summed E-state index contributed by atoms with van der Waals surface area (Å²) in [5.74, 6) is 0.469. The topological polar surface area (TPSA) is 74.7 Å². The average molecular weight is 579 g/mol. The van der Waals surface area contributed by atoms with E-state index in [1.165, 1.54) is 19.0 Å². The molecule has 3 unspecified atom stereocenters. The Bertz CT molecular complexity index is 1490. The number of halogens is 1. The third-order valence-corrected chi connectivity index (χ3v) is 9.81. The van der Waals surface area contributed by atoms with Gasteiger partial charge in [-0.15, -0.1) is 0 Å². The first kappa shape index (κ1) is 29.6. The number of piperidine rings is 1. The minimum absolute atomic E-state index is 0. The molecule has 0 bridgehead atoms. The van der Waals surface area contributed by atoms with Crippen LogP contribution in [-0.4, -0.2) is 35.5 Å². The number of aryl methyl sites for hydroxylation is 1. The van der Waals surface area contributed by atoms with Gasteiger partial charge in [-0.3, -0.25) is 4.90 Å². The Balaban J connectivity index is 0.00000316. The van der Waals surface area contributed by atoms with Crippen LogP contribution in [0.2, 0.25) is 0 Å². The summed E-state index contributed by atoms with van der Waals surface area (Å²) in [6.07, 6.45) is 7.43. The SMILES string of the molecule is COc1cc(-c2ccc(C3CCc4ccc([C@H](C5CC5)[C@H](C)C(=O)[O-])cc4O3)cc2CN2CCC3CC32)c(F)cn1.[Na+]. The number of nitrogens with zero attached hydrogens (tertiary/aromatic N) is 2. The molecule has 0 radical (unpaired) electrons. The molecule has 2 saturated carbocycles. The molecule has 42 heavy (non-hydrogen) atoms. The van der Waals surface area contributed by atoms with Crippen molar-refractivity contribution in [2.75, 3.05) is 13.7 Å². The summed E-state index contributed by atoms with van der Waals surface area (Å²) < 4.78 is 27.0. The molecule has 6 nitrogen and oxygen atoms in total. The van der Waals surface area contributed by atoms with E-state index >= 15 is 4.39 Å². The molecule has 3 aromatic rings.